The number of hydrogen-bond donors (Lipinski definition) is 1. The van der Waals surface area contributed by atoms with Gasteiger partial charge in [-0.05, 0) is 68.2 Å². The smallest absolute Gasteiger partial charge is 0.245 e. The molecule has 0 aliphatic carbocycles. The molecule has 3 aliphatic rings. The van der Waals surface area contributed by atoms with Crippen LogP contribution in [-0.4, -0.2) is 84.4 Å². The minimum Gasteiger partial charge on any atom is -0.341 e. The summed E-state index contributed by atoms with van der Waals surface area (Å²) < 4.78 is 0. The molecule has 0 saturated carbocycles. The van der Waals surface area contributed by atoms with E-state index in [9.17, 15) is 9.59 Å². The lowest BCUT2D eigenvalue weighted by Crippen LogP contribution is -2.62. The molecule has 6 nitrogen and oxygen atoms in total. The fraction of sp³-hybridized carbons (Fsp3) is 0.926. The van der Waals surface area contributed by atoms with Gasteiger partial charge in [-0.15, -0.1) is 0 Å². The zero-order valence-corrected chi connectivity index (χ0v) is 22.2. The van der Waals surface area contributed by atoms with Crippen molar-refractivity contribution in [2.45, 2.75) is 85.7 Å². The Morgan fingerprint density at radius 1 is 1.00 bits per heavy atom. The maximum absolute atomic E-state index is 13.7. The first kappa shape index (κ1) is 26.5. The van der Waals surface area contributed by atoms with Crippen molar-refractivity contribution in [2.75, 3.05) is 45.8 Å². The molecule has 0 spiro atoms. The second kappa shape index (κ2) is 12.0. The van der Waals surface area contributed by atoms with E-state index in [0.717, 1.165) is 63.1 Å². The Labute approximate surface area is 202 Å². The molecule has 4 atom stereocenters. The van der Waals surface area contributed by atoms with Gasteiger partial charge in [-0.1, -0.05) is 41.5 Å². The van der Waals surface area contributed by atoms with E-state index in [1.54, 1.807) is 0 Å². The van der Waals surface area contributed by atoms with Crippen molar-refractivity contribution in [3.8, 4) is 0 Å². The van der Waals surface area contributed by atoms with E-state index in [2.05, 4.69) is 56.7 Å². The Kier molecular flexibility index (Phi) is 9.63. The van der Waals surface area contributed by atoms with Crippen molar-refractivity contribution in [1.82, 2.24) is 20.0 Å². The summed E-state index contributed by atoms with van der Waals surface area (Å²) in [5, 5.41) is 3.39. The van der Waals surface area contributed by atoms with Crippen molar-refractivity contribution in [3.63, 3.8) is 0 Å². The predicted octanol–water partition coefficient (Wildman–Crippen LogP) is 3.46. The molecule has 3 saturated heterocycles. The predicted molar refractivity (Wildman–Crippen MR) is 135 cm³/mol. The fourth-order valence-corrected chi connectivity index (χ4v) is 5.98. The molecule has 2 amide bonds. The largest absolute Gasteiger partial charge is 0.341 e. The third-order valence-corrected chi connectivity index (χ3v) is 8.23. The molecule has 0 unspecified atom stereocenters. The molecule has 3 rings (SSSR count). The highest BCUT2D eigenvalue weighted by atomic mass is 16.2. The van der Waals surface area contributed by atoms with E-state index < -0.39 is 0 Å². The molecule has 0 aromatic heterocycles. The number of hydrogen-bond acceptors (Lipinski definition) is 4. The van der Waals surface area contributed by atoms with E-state index in [1.165, 1.54) is 26.1 Å². The third kappa shape index (κ3) is 7.17. The van der Waals surface area contributed by atoms with Crippen molar-refractivity contribution >= 4 is 11.8 Å². The van der Waals surface area contributed by atoms with Crippen LogP contribution in [0.25, 0.3) is 0 Å². The highest BCUT2D eigenvalue weighted by molar-refractivity contribution is 5.90. The molecule has 190 valence electrons. The second-order valence-corrected chi connectivity index (χ2v) is 12.1. The zero-order valence-electron chi connectivity index (χ0n) is 22.2. The van der Waals surface area contributed by atoms with E-state index in [4.69, 9.17) is 0 Å². The number of carbonyl (C=O) groups is 2. The molecule has 0 bridgehead atoms. The molecule has 3 fully saturated rings. The van der Waals surface area contributed by atoms with Crippen LogP contribution in [0.4, 0.5) is 0 Å². The third-order valence-electron chi connectivity index (χ3n) is 8.23. The molecule has 0 aromatic rings. The number of amides is 2. The second-order valence-electron chi connectivity index (χ2n) is 12.1. The zero-order chi connectivity index (χ0) is 24.1. The van der Waals surface area contributed by atoms with Crippen molar-refractivity contribution in [3.05, 3.63) is 0 Å². The van der Waals surface area contributed by atoms with E-state index in [1.807, 2.05) is 4.90 Å². The maximum Gasteiger partial charge on any atom is 0.245 e. The molecule has 3 aliphatic heterocycles. The molecule has 0 aromatic carbocycles. The van der Waals surface area contributed by atoms with Gasteiger partial charge in [0.15, 0.2) is 0 Å². The molecule has 0 radical (unpaired) electrons. The van der Waals surface area contributed by atoms with Crippen LogP contribution in [0, 0.1) is 29.6 Å². The SMILES string of the molecule is CC(C)C[C@@H]1NCCN([C@@H](CC(C)C)C(=O)N2CCC(CCN3C[C@@H](C)[C@@H](C)C3)CC2)C1=O. The van der Waals surface area contributed by atoms with Crippen LogP contribution < -0.4 is 5.32 Å². The number of likely N-dealkylation sites (tertiary alicyclic amines) is 2. The number of carbonyl (C=O) groups excluding carboxylic acids is 2. The summed E-state index contributed by atoms with van der Waals surface area (Å²) in [6, 6.07) is -0.457. The van der Waals surface area contributed by atoms with Gasteiger partial charge < -0.3 is 20.0 Å². The Morgan fingerprint density at radius 3 is 2.21 bits per heavy atom. The highest BCUT2D eigenvalue weighted by Crippen LogP contribution is 2.27. The number of nitrogens with one attached hydrogen (secondary N) is 1. The normalized spacial score (nSPS) is 28.8. The van der Waals surface area contributed by atoms with Gasteiger partial charge in [0.05, 0.1) is 6.04 Å². The first-order chi connectivity index (χ1) is 15.7. The summed E-state index contributed by atoms with van der Waals surface area (Å²) in [4.78, 5) is 33.5. The van der Waals surface area contributed by atoms with Crippen LogP contribution in [0.1, 0.15) is 73.6 Å². The Balaban J connectivity index is 1.54. The first-order valence-electron chi connectivity index (χ1n) is 13.7. The van der Waals surface area contributed by atoms with Gasteiger partial charge in [0.25, 0.3) is 0 Å². The van der Waals surface area contributed by atoms with Gasteiger partial charge in [0, 0.05) is 39.3 Å². The van der Waals surface area contributed by atoms with Crippen LogP contribution >= 0.6 is 0 Å². The molecular weight excluding hydrogens is 412 g/mol. The number of piperazine rings is 1. The number of nitrogens with zero attached hydrogens (tertiary/aromatic N) is 3. The van der Waals surface area contributed by atoms with Crippen LogP contribution in [0.15, 0.2) is 0 Å². The minimum absolute atomic E-state index is 0.123. The highest BCUT2D eigenvalue weighted by Gasteiger charge is 2.39. The van der Waals surface area contributed by atoms with Crippen molar-refractivity contribution in [2.24, 2.45) is 29.6 Å². The van der Waals surface area contributed by atoms with E-state index in [-0.39, 0.29) is 23.9 Å². The van der Waals surface area contributed by atoms with Gasteiger partial charge >= 0.3 is 0 Å². The lowest BCUT2D eigenvalue weighted by Gasteiger charge is -2.42. The summed E-state index contributed by atoms with van der Waals surface area (Å²) in [5.41, 5.74) is 0. The van der Waals surface area contributed by atoms with Gasteiger partial charge in [-0.25, -0.2) is 0 Å². The van der Waals surface area contributed by atoms with Gasteiger partial charge in [0.1, 0.15) is 6.04 Å². The van der Waals surface area contributed by atoms with Crippen LogP contribution in [0.3, 0.4) is 0 Å². The number of rotatable bonds is 9. The Morgan fingerprint density at radius 2 is 1.64 bits per heavy atom. The van der Waals surface area contributed by atoms with Gasteiger partial charge in [-0.3, -0.25) is 9.59 Å². The van der Waals surface area contributed by atoms with E-state index in [0.29, 0.717) is 18.4 Å². The quantitative estimate of drug-likeness (QED) is 0.570. The average molecular weight is 463 g/mol. The molecular formula is C27H50N4O2. The summed E-state index contributed by atoms with van der Waals surface area (Å²) in [6.45, 7) is 20.2. The lowest BCUT2D eigenvalue weighted by molar-refractivity contribution is -0.150. The summed E-state index contributed by atoms with van der Waals surface area (Å²) in [5.74, 6) is 3.50. The Bertz CT molecular complexity index is 634. The van der Waals surface area contributed by atoms with Gasteiger partial charge in [-0.2, -0.15) is 0 Å². The monoisotopic (exact) mass is 462 g/mol. The minimum atomic E-state index is -0.307. The standard InChI is InChI=1S/C27H50N4O2/c1-19(2)15-24-26(32)31(14-10-28-24)25(16-20(3)4)27(33)30-12-8-23(9-13-30)7-11-29-17-21(5)22(6)18-29/h19-25,28H,7-18H2,1-6H3/t21-,22+,24-,25-/m0/s1. The van der Waals surface area contributed by atoms with Crippen LogP contribution in [-0.2, 0) is 9.59 Å². The molecule has 1 N–H and O–H groups in total. The first-order valence-corrected chi connectivity index (χ1v) is 13.7. The van der Waals surface area contributed by atoms with Gasteiger partial charge in [0.2, 0.25) is 11.8 Å². The number of piperidine rings is 1. The summed E-state index contributed by atoms with van der Waals surface area (Å²) in [6.07, 6.45) is 5.04. The summed E-state index contributed by atoms with van der Waals surface area (Å²) >= 11 is 0. The Hall–Kier alpha value is -1.14. The van der Waals surface area contributed by atoms with Crippen molar-refractivity contribution < 1.29 is 9.59 Å². The topological polar surface area (TPSA) is 55.9 Å². The maximum atomic E-state index is 13.7. The summed E-state index contributed by atoms with van der Waals surface area (Å²) in [7, 11) is 0. The van der Waals surface area contributed by atoms with E-state index >= 15 is 0 Å². The molecule has 33 heavy (non-hydrogen) atoms. The molecule has 6 heteroatoms. The van der Waals surface area contributed by atoms with Crippen LogP contribution in [0.2, 0.25) is 0 Å². The van der Waals surface area contributed by atoms with Crippen LogP contribution in [0.5, 0.6) is 0 Å². The average Bonchev–Trinajstić information content (AvgIpc) is 3.09. The fourth-order valence-electron chi connectivity index (χ4n) is 5.98. The molecule has 3 heterocycles. The van der Waals surface area contributed by atoms with Crippen molar-refractivity contribution in [1.29, 1.82) is 0 Å². The lowest BCUT2D eigenvalue weighted by atomic mass is 9.91.